The van der Waals surface area contributed by atoms with Crippen molar-refractivity contribution in [3.8, 4) is 11.4 Å². The molecule has 0 saturated carbocycles. The van der Waals surface area contributed by atoms with Gasteiger partial charge in [-0.25, -0.2) is 14.5 Å². The molecule has 0 aliphatic rings. The van der Waals surface area contributed by atoms with Crippen LogP contribution in [-0.4, -0.2) is 62.7 Å². The molecule has 0 amide bonds. The van der Waals surface area contributed by atoms with Crippen LogP contribution in [0.2, 0.25) is 0 Å². The normalized spacial score (nSPS) is 11.1. The molecule has 0 aliphatic carbocycles. The van der Waals surface area contributed by atoms with Gasteiger partial charge in [0, 0.05) is 13.6 Å². The molecule has 114 valence electrons. The second-order valence-electron chi connectivity index (χ2n) is 4.92. The summed E-state index contributed by atoms with van der Waals surface area (Å²) in [5.74, 6) is -0.468. The van der Waals surface area contributed by atoms with Gasteiger partial charge in [0.05, 0.1) is 31.4 Å². The van der Waals surface area contributed by atoms with Crippen LogP contribution in [0, 0.1) is 0 Å². The van der Waals surface area contributed by atoms with E-state index < -0.39 is 5.97 Å². The standard InChI is InChI=1S/C13H20N6O2/c1-5-21-13(20)11-12(10-8-14-9-18(10)4)19(16-15-11)7-6-17(2)3/h8-9H,5-7H2,1-4H3. The van der Waals surface area contributed by atoms with E-state index in [-0.39, 0.29) is 5.69 Å². The third-order valence-corrected chi connectivity index (χ3v) is 3.02. The van der Waals surface area contributed by atoms with Gasteiger partial charge < -0.3 is 14.2 Å². The molecule has 2 rings (SSSR count). The molecule has 21 heavy (non-hydrogen) atoms. The summed E-state index contributed by atoms with van der Waals surface area (Å²) in [5.41, 5.74) is 1.64. The van der Waals surface area contributed by atoms with Crippen molar-refractivity contribution in [2.75, 3.05) is 27.2 Å². The van der Waals surface area contributed by atoms with Crippen molar-refractivity contribution in [2.45, 2.75) is 13.5 Å². The molecule has 0 saturated heterocycles. The number of carbonyl (C=O) groups excluding carboxylic acids is 1. The fraction of sp³-hybridized carbons (Fsp3) is 0.538. The number of aryl methyl sites for hydroxylation is 1. The van der Waals surface area contributed by atoms with Crippen LogP contribution in [0.15, 0.2) is 12.5 Å². The monoisotopic (exact) mass is 292 g/mol. The zero-order valence-electron chi connectivity index (χ0n) is 12.8. The summed E-state index contributed by atoms with van der Waals surface area (Å²) in [6.07, 6.45) is 3.36. The van der Waals surface area contributed by atoms with Crippen LogP contribution < -0.4 is 0 Å². The molecule has 2 aromatic rings. The summed E-state index contributed by atoms with van der Waals surface area (Å²) in [7, 11) is 5.82. The van der Waals surface area contributed by atoms with Crippen molar-refractivity contribution in [3.63, 3.8) is 0 Å². The predicted octanol–water partition coefficient (Wildman–Crippen LogP) is 0.417. The minimum Gasteiger partial charge on any atom is -0.461 e. The molecule has 2 aromatic heterocycles. The van der Waals surface area contributed by atoms with Crippen LogP contribution in [0.3, 0.4) is 0 Å². The molecule has 2 heterocycles. The first kappa shape index (κ1) is 15.2. The first-order valence-corrected chi connectivity index (χ1v) is 6.76. The van der Waals surface area contributed by atoms with Gasteiger partial charge in [0.1, 0.15) is 5.69 Å². The quantitative estimate of drug-likeness (QED) is 0.718. The van der Waals surface area contributed by atoms with Crippen molar-refractivity contribution in [3.05, 3.63) is 18.2 Å². The van der Waals surface area contributed by atoms with Crippen LogP contribution in [-0.2, 0) is 18.3 Å². The lowest BCUT2D eigenvalue weighted by Crippen LogP contribution is -2.20. The summed E-state index contributed by atoms with van der Waals surface area (Å²) >= 11 is 0. The Balaban J connectivity index is 2.43. The maximum absolute atomic E-state index is 12.0. The largest absolute Gasteiger partial charge is 0.461 e. The van der Waals surface area contributed by atoms with Gasteiger partial charge >= 0.3 is 5.97 Å². The maximum atomic E-state index is 12.0. The van der Waals surface area contributed by atoms with E-state index in [4.69, 9.17) is 4.74 Å². The van der Waals surface area contributed by atoms with Gasteiger partial charge in [-0.2, -0.15) is 0 Å². The third kappa shape index (κ3) is 3.27. The Morgan fingerprint density at radius 2 is 2.19 bits per heavy atom. The number of ether oxygens (including phenoxy) is 1. The number of carbonyl (C=O) groups is 1. The summed E-state index contributed by atoms with van der Waals surface area (Å²) in [6.45, 7) is 3.47. The van der Waals surface area contributed by atoms with Crippen molar-refractivity contribution < 1.29 is 9.53 Å². The fourth-order valence-electron chi connectivity index (χ4n) is 1.94. The fourth-order valence-corrected chi connectivity index (χ4v) is 1.94. The lowest BCUT2D eigenvalue weighted by molar-refractivity contribution is 0.0520. The SMILES string of the molecule is CCOC(=O)c1nnn(CCN(C)C)c1-c1cncn1C. The zero-order chi connectivity index (χ0) is 15.4. The second-order valence-corrected chi connectivity index (χ2v) is 4.92. The molecular weight excluding hydrogens is 272 g/mol. The lowest BCUT2D eigenvalue weighted by atomic mass is 10.2. The van der Waals surface area contributed by atoms with Crippen LogP contribution in [0.25, 0.3) is 11.4 Å². The van der Waals surface area contributed by atoms with Gasteiger partial charge in [-0.1, -0.05) is 5.21 Å². The van der Waals surface area contributed by atoms with Crippen molar-refractivity contribution in [2.24, 2.45) is 7.05 Å². The number of hydrogen-bond donors (Lipinski definition) is 0. The highest BCUT2D eigenvalue weighted by atomic mass is 16.5. The number of nitrogens with zero attached hydrogens (tertiary/aromatic N) is 6. The molecule has 0 atom stereocenters. The van der Waals surface area contributed by atoms with E-state index in [2.05, 4.69) is 15.3 Å². The first-order chi connectivity index (χ1) is 10.0. The number of hydrogen-bond acceptors (Lipinski definition) is 6. The Morgan fingerprint density at radius 3 is 2.76 bits per heavy atom. The minimum atomic E-state index is -0.468. The highest BCUT2D eigenvalue weighted by Gasteiger charge is 2.24. The number of aromatic nitrogens is 5. The van der Waals surface area contributed by atoms with Crippen LogP contribution >= 0.6 is 0 Å². The van der Waals surface area contributed by atoms with E-state index in [9.17, 15) is 4.79 Å². The van der Waals surface area contributed by atoms with E-state index in [1.165, 1.54) is 0 Å². The Labute approximate surface area is 123 Å². The molecule has 0 bridgehead atoms. The Hall–Kier alpha value is -2.22. The topological polar surface area (TPSA) is 78.1 Å². The second kappa shape index (κ2) is 6.49. The van der Waals surface area contributed by atoms with Gasteiger partial charge in [0.2, 0.25) is 0 Å². The highest BCUT2D eigenvalue weighted by molar-refractivity contribution is 5.93. The van der Waals surface area contributed by atoms with Gasteiger partial charge in [0.25, 0.3) is 0 Å². The molecule has 8 nitrogen and oxygen atoms in total. The number of rotatable bonds is 6. The average Bonchev–Trinajstić information content (AvgIpc) is 3.02. The van der Waals surface area contributed by atoms with Gasteiger partial charge in [-0.05, 0) is 21.0 Å². The molecule has 0 radical (unpaired) electrons. The summed E-state index contributed by atoms with van der Waals surface area (Å²) < 4.78 is 8.59. The molecule has 0 aliphatic heterocycles. The smallest absolute Gasteiger partial charge is 0.361 e. The third-order valence-electron chi connectivity index (χ3n) is 3.02. The van der Waals surface area contributed by atoms with E-state index in [0.29, 0.717) is 18.8 Å². The molecule has 0 N–H and O–H groups in total. The van der Waals surface area contributed by atoms with E-state index in [1.54, 1.807) is 24.1 Å². The maximum Gasteiger partial charge on any atom is 0.361 e. The molecule has 0 spiro atoms. The lowest BCUT2D eigenvalue weighted by Gasteiger charge is -2.11. The van der Waals surface area contributed by atoms with Gasteiger partial charge in [-0.3, -0.25) is 0 Å². The number of likely N-dealkylation sites (N-methyl/N-ethyl adjacent to an activating group) is 1. The summed E-state index contributed by atoms with van der Waals surface area (Å²) in [6, 6.07) is 0. The van der Waals surface area contributed by atoms with Crippen LogP contribution in [0.4, 0.5) is 0 Å². The van der Waals surface area contributed by atoms with E-state index in [1.807, 2.05) is 30.6 Å². The molecule has 0 aromatic carbocycles. The Bertz CT molecular complexity index is 616. The molecular formula is C13H20N6O2. The van der Waals surface area contributed by atoms with E-state index >= 15 is 0 Å². The van der Waals surface area contributed by atoms with Gasteiger partial charge in [-0.15, -0.1) is 5.10 Å². The summed E-state index contributed by atoms with van der Waals surface area (Å²) in [5, 5.41) is 8.08. The zero-order valence-corrected chi connectivity index (χ0v) is 12.8. The highest BCUT2D eigenvalue weighted by Crippen LogP contribution is 2.22. The minimum absolute atomic E-state index is 0.221. The molecule has 0 unspecified atom stereocenters. The first-order valence-electron chi connectivity index (χ1n) is 6.76. The van der Waals surface area contributed by atoms with Crippen LogP contribution in [0.5, 0.6) is 0 Å². The predicted molar refractivity (Wildman–Crippen MR) is 76.7 cm³/mol. The van der Waals surface area contributed by atoms with Crippen molar-refractivity contribution in [1.29, 1.82) is 0 Å². The van der Waals surface area contributed by atoms with Crippen molar-refractivity contribution >= 4 is 5.97 Å². The number of esters is 1. The van der Waals surface area contributed by atoms with E-state index in [0.717, 1.165) is 12.2 Å². The molecule has 0 fully saturated rings. The molecule has 8 heteroatoms. The van der Waals surface area contributed by atoms with Crippen molar-refractivity contribution in [1.82, 2.24) is 29.4 Å². The van der Waals surface area contributed by atoms with Crippen LogP contribution in [0.1, 0.15) is 17.4 Å². The Kier molecular flexibility index (Phi) is 4.69. The number of imidazole rings is 1. The average molecular weight is 292 g/mol. The summed E-state index contributed by atoms with van der Waals surface area (Å²) in [4.78, 5) is 18.2. The van der Waals surface area contributed by atoms with Gasteiger partial charge in [0.15, 0.2) is 5.69 Å². The Morgan fingerprint density at radius 1 is 1.43 bits per heavy atom.